The number of hydrogen-bond acceptors (Lipinski definition) is 3. The molecule has 0 saturated carbocycles. The molecule has 1 rings (SSSR count). The Morgan fingerprint density at radius 1 is 1.20 bits per heavy atom. The molecule has 0 N–H and O–H groups in total. The minimum Gasteiger partial charge on any atom is -0.469 e. The van der Waals surface area contributed by atoms with Gasteiger partial charge in [0.2, 0.25) is 0 Å². The van der Waals surface area contributed by atoms with Crippen LogP contribution < -0.4 is 0 Å². The van der Waals surface area contributed by atoms with E-state index in [1.165, 1.54) is 12.7 Å². The molecule has 82 valence electrons. The Hall–Kier alpha value is -1.35. The lowest BCUT2D eigenvalue weighted by atomic mass is 10.2. The molecule has 15 heavy (non-hydrogen) atoms. The standard InChI is InChI=1S/C12H16O3/c1-14-12(13)8-10-15-9-7-11-5-3-2-4-6-11/h2-6H,7-10H2,1H3. The van der Waals surface area contributed by atoms with Crippen molar-refractivity contribution in [3.8, 4) is 0 Å². The molecule has 0 aliphatic rings. The zero-order valence-corrected chi connectivity index (χ0v) is 8.94. The molecule has 1 aromatic carbocycles. The second-order valence-corrected chi connectivity index (χ2v) is 3.17. The van der Waals surface area contributed by atoms with E-state index >= 15 is 0 Å². The lowest BCUT2D eigenvalue weighted by molar-refractivity contribution is -0.141. The monoisotopic (exact) mass is 208 g/mol. The van der Waals surface area contributed by atoms with Crippen LogP contribution in [-0.2, 0) is 20.7 Å². The van der Waals surface area contributed by atoms with E-state index < -0.39 is 0 Å². The van der Waals surface area contributed by atoms with Crippen molar-refractivity contribution >= 4 is 5.97 Å². The molecule has 0 radical (unpaired) electrons. The first-order valence-corrected chi connectivity index (χ1v) is 5.01. The predicted octanol–water partition coefficient (Wildman–Crippen LogP) is 1.81. The Morgan fingerprint density at radius 3 is 2.60 bits per heavy atom. The van der Waals surface area contributed by atoms with Gasteiger partial charge in [-0.25, -0.2) is 0 Å². The van der Waals surface area contributed by atoms with Crippen molar-refractivity contribution in [2.24, 2.45) is 0 Å². The summed E-state index contributed by atoms with van der Waals surface area (Å²) in [6.45, 7) is 1.07. The molecule has 0 bridgehead atoms. The van der Waals surface area contributed by atoms with Crippen molar-refractivity contribution < 1.29 is 14.3 Å². The molecule has 0 fully saturated rings. The van der Waals surface area contributed by atoms with Crippen molar-refractivity contribution in [3.63, 3.8) is 0 Å². The summed E-state index contributed by atoms with van der Waals surface area (Å²) < 4.78 is 9.81. The second kappa shape index (κ2) is 7.01. The van der Waals surface area contributed by atoms with Gasteiger partial charge in [-0.2, -0.15) is 0 Å². The third-order valence-corrected chi connectivity index (χ3v) is 2.06. The molecule has 0 aromatic heterocycles. The van der Waals surface area contributed by atoms with E-state index in [9.17, 15) is 4.79 Å². The van der Waals surface area contributed by atoms with E-state index in [1.54, 1.807) is 0 Å². The number of ether oxygens (including phenoxy) is 2. The highest BCUT2D eigenvalue weighted by atomic mass is 16.5. The summed E-state index contributed by atoms with van der Waals surface area (Å²) in [6.07, 6.45) is 1.20. The first kappa shape index (κ1) is 11.7. The highest BCUT2D eigenvalue weighted by Crippen LogP contribution is 1.99. The van der Waals surface area contributed by atoms with Crippen LogP contribution in [0.25, 0.3) is 0 Å². The van der Waals surface area contributed by atoms with Gasteiger partial charge in [0.25, 0.3) is 0 Å². The lowest BCUT2D eigenvalue weighted by Crippen LogP contribution is -2.07. The van der Waals surface area contributed by atoms with Crippen LogP contribution in [0.5, 0.6) is 0 Å². The van der Waals surface area contributed by atoms with Crippen molar-refractivity contribution in [2.75, 3.05) is 20.3 Å². The maximum absolute atomic E-state index is 10.7. The van der Waals surface area contributed by atoms with Crippen molar-refractivity contribution in [1.29, 1.82) is 0 Å². The molecule has 0 unspecified atom stereocenters. The Kier molecular flexibility index (Phi) is 5.48. The summed E-state index contributed by atoms with van der Waals surface area (Å²) in [6, 6.07) is 10.1. The number of benzene rings is 1. The molecular formula is C12H16O3. The zero-order chi connectivity index (χ0) is 10.9. The quantitative estimate of drug-likeness (QED) is 0.528. The van der Waals surface area contributed by atoms with Crippen LogP contribution in [-0.4, -0.2) is 26.3 Å². The molecule has 0 heterocycles. The molecule has 0 atom stereocenters. The van der Waals surface area contributed by atoms with Crippen LogP contribution in [0.1, 0.15) is 12.0 Å². The van der Waals surface area contributed by atoms with Crippen LogP contribution in [0.15, 0.2) is 30.3 Å². The molecule has 0 aliphatic heterocycles. The van der Waals surface area contributed by atoms with Gasteiger partial charge in [-0.15, -0.1) is 0 Å². The molecule has 3 heteroatoms. The zero-order valence-electron chi connectivity index (χ0n) is 8.94. The van der Waals surface area contributed by atoms with Crippen molar-refractivity contribution in [3.05, 3.63) is 35.9 Å². The first-order valence-electron chi connectivity index (χ1n) is 5.01. The second-order valence-electron chi connectivity index (χ2n) is 3.17. The van der Waals surface area contributed by atoms with E-state index in [0.717, 1.165) is 6.42 Å². The van der Waals surface area contributed by atoms with Crippen LogP contribution in [0.4, 0.5) is 0 Å². The van der Waals surface area contributed by atoms with E-state index in [0.29, 0.717) is 19.6 Å². The fraction of sp³-hybridized carbons (Fsp3) is 0.417. The van der Waals surface area contributed by atoms with E-state index in [4.69, 9.17) is 4.74 Å². The highest BCUT2D eigenvalue weighted by molar-refractivity contribution is 5.69. The first-order chi connectivity index (χ1) is 7.33. The van der Waals surface area contributed by atoms with Gasteiger partial charge >= 0.3 is 5.97 Å². The largest absolute Gasteiger partial charge is 0.469 e. The van der Waals surface area contributed by atoms with E-state index in [-0.39, 0.29) is 5.97 Å². The molecule has 0 aliphatic carbocycles. The van der Waals surface area contributed by atoms with Crippen LogP contribution >= 0.6 is 0 Å². The number of hydrogen-bond donors (Lipinski definition) is 0. The molecule has 0 amide bonds. The topological polar surface area (TPSA) is 35.5 Å². The summed E-state index contributed by atoms with van der Waals surface area (Å²) in [4.78, 5) is 10.7. The van der Waals surface area contributed by atoms with Gasteiger partial charge in [0, 0.05) is 0 Å². The Bertz CT molecular complexity index is 282. The lowest BCUT2D eigenvalue weighted by Gasteiger charge is -2.03. The third-order valence-electron chi connectivity index (χ3n) is 2.06. The summed E-state index contributed by atoms with van der Waals surface area (Å²) in [5, 5.41) is 0. The Morgan fingerprint density at radius 2 is 1.93 bits per heavy atom. The normalized spacial score (nSPS) is 9.93. The van der Waals surface area contributed by atoms with Gasteiger partial charge in [0.1, 0.15) is 0 Å². The maximum Gasteiger partial charge on any atom is 0.307 e. The van der Waals surface area contributed by atoms with Crippen LogP contribution in [0.2, 0.25) is 0 Å². The Labute approximate surface area is 90.0 Å². The minimum atomic E-state index is -0.227. The average Bonchev–Trinajstić information content (AvgIpc) is 2.29. The number of methoxy groups -OCH3 is 1. The van der Waals surface area contributed by atoms with Crippen molar-refractivity contribution in [2.45, 2.75) is 12.8 Å². The average molecular weight is 208 g/mol. The Balaban J connectivity index is 2.05. The van der Waals surface area contributed by atoms with E-state index in [1.807, 2.05) is 18.2 Å². The van der Waals surface area contributed by atoms with Crippen LogP contribution in [0, 0.1) is 0 Å². The number of carbonyl (C=O) groups is 1. The summed E-state index contributed by atoms with van der Waals surface area (Å²) in [7, 11) is 1.38. The summed E-state index contributed by atoms with van der Waals surface area (Å²) in [5.41, 5.74) is 1.25. The molecular weight excluding hydrogens is 192 g/mol. The van der Waals surface area contributed by atoms with Gasteiger partial charge in [0.05, 0.1) is 26.7 Å². The molecule has 0 spiro atoms. The van der Waals surface area contributed by atoms with Gasteiger partial charge in [-0.1, -0.05) is 30.3 Å². The van der Waals surface area contributed by atoms with Crippen LogP contribution in [0.3, 0.4) is 0 Å². The number of carbonyl (C=O) groups excluding carboxylic acids is 1. The maximum atomic E-state index is 10.7. The number of rotatable bonds is 6. The third kappa shape index (κ3) is 5.18. The predicted molar refractivity (Wildman–Crippen MR) is 57.6 cm³/mol. The minimum absolute atomic E-state index is 0.227. The molecule has 3 nitrogen and oxygen atoms in total. The molecule has 0 saturated heterocycles. The van der Waals surface area contributed by atoms with Crippen molar-refractivity contribution in [1.82, 2.24) is 0 Å². The molecule has 1 aromatic rings. The van der Waals surface area contributed by atoms with Gasteiger partial charge in [-0.05, 0) is 12.0 Å². The highest BCUT2D eigenvalue weighted by Gasteiger charge is 1.99. The fourth-order valence-electron chi connectivity index (χ4n) is 1.19. The summed E-state index contributed by atoms with van der Waals surface area (Å²) >= 11 is 0. The summed E-state index contributed by atoms with van der Waals surface area (Å²) in [5.74, 6) is -0.227. The number of esters is 1. The van der Waals surface area contributed by atoms with Gasteiger partial charge < -0.3 is 9.47 Å². The smallest absolute Gasteiger partial charge is 0.307 e. The van der Waals surface area contributed by atoms with E-state index in [2.05, 4.69) is 16.9 Å². The fourth-order valence-corrected chi connectivity index (χ4v) is 1.19. The van der Waals surface area contributed by atoms with Gasteiger partial charge in [0.15, 0.2) is 0 Å². The van der Waals surface area contributed by atoms with Gasteiger partial charge in [-0.3, -0.25) is 4.79 Å². The SMILES string of the molecule is COC(=O)CCOCCc1ccccc1.